The summed E-state index contributed by atoms with van der Waals surface area (Å²) in [7, 11) is 0. The van der Waals surface area contributed by atoms with Crippen LogP contribution in [-0.4, -0.2) is 46.3 Å². The van der Waals surface area contributed by atoms with Gasteiger partial charge >= 0.3 is 5.97 Å². The maximum atomic E-state index is 12.0. The maximum Gasteiger partial charge on any atom is 0.323 e. The van der Waals surface area contributed by atoms with E-state index in [0.29, 0.717) is 6.42 Å². The first-order valence-corrected chi connectivity index (χ1v) is 6.80. The van der Waals surface area contributed by atoms with Crippen molar-refractivity contribution in [3.8, 4) is 0 Å². The number of aliphatic hydroxyl groups is 1. The standard InChI is InChI=1S/C14H27NO3/c1-11(12(16)18-13(2,3)4)15-9-6-7-14(5,17)8-10-15/h11,17H,6-10H2,1-5H3. The predicted molar refractivity (Wildman–Crippen MR) is 71.4 cm³/mol. The number of hydrogen-bond donors (Lipinski definition) is 1. The van der Waals surface area contributed by atoms with Gasteiger partial charge in [-0.05, 0) is 60.4 Å². The van der Waals surface area contributed by atoms with Crippen molar-refractivity contribution in [2.24, 2.45) is 0 Å². The molecule has 0 aromatic heterocycles. The van der Waals surface area contributed by atoms with E-state index in [4.69, 9.17) is 4.74 Å². The summed E-state index contributed by atoms with van der Waals surface area (Å²) in [6, 6.07) is -0.238. The lowest BCUT2D eigenvalue weighted by Gasteiger charge is -2.29. The molecule has 0 saturated carbocycles. The highest BCUT2D eigenvalue weighted by atomic mass is 16.6. The molecule has 0 radical (unpaired) electrons. The lowest BCUT2D eigenvalue weighted by molar-refractivity contribution is -0.160. The molecule has 1 heterocycles. The van der Waals surface area contributed by atoms with Gasteiger partial charge in [0.2, 0.25) is 0 Å². The fourth-order valence-corrected chi connectivity index (χ4v) is 2.21. The second-order valence-electron chi connectivity index (χ2n) is 6.60. The molecule has 1 saturated heterocycles. The molecule has 0 aliphatic carbocycles. The quantitative estimate of drug-likeness (QED) is 0.768. The Morgan fingerprint density at radius 2 is 1.94 bits per heavy atom. The van der Waals surface area contributed by atoms with E-state index in [-0.39, 0.29) is 12.0 Å². The van der Waals surface area contributed by atoms with Gasteiger partial charge in [0.25, 0.3) is 0 Å². The zero-order valence-electron chi connectivity index (χ0n) is 12.3. The van der Waals surface area contributed by atoms with Crippen molar-refractivity contribution in [1.82, 2.24) is 4.90 Å². The highest BCUT2D eigenvalue weighted by Gasteiger charge is 2.31. The van der Waals surface area contributed by atoms with Gasteiger partial charge in [-0.25, -0.2) is 0 Å². The van der Waals surface area contributed by atoms with Crippen LogP contribution in [0.25, 0.3) is 0 Å². The molecule has 2 atom stereocenters. The number of ether oxygens (including phenoxy) is 1. The summed E-state index contributed by atoms with van der Waals surface area (Å²) < 4.78 is 5.40. The zero-order valence-corrected chi connectivity index (χ0v) is 12.3. The molecular weight excluding hydrogens is 230 g/mol. The topological polar surface area (TPSA) is 49.8 Å². The van der Waals surface area contributed by atoms with Crippen molar-refractivity contribution < 1.29 is 14.6 Å². The molecule has 4 nitrogen and oxygen atoms in total. The number of carbonyl (C=O) groups excluding carboxylic acids is 1. The smallest absolute Gasteiger partial charge is 0.323 e. The van der Waals surface area contributed by atoms with E-state index in [1.165, 1.54) is 0 Å². The van der Waals surface area contributed by atoms with Gasteiger partial charge in [0, 0.05) is 6.54 Å². The summed E-state index contributed by atoms with van der Waals surface area (Å²) >= 11 is 0. The van der Waals surface area contributed by atoms with E-state index in [0.717, 1.165) is 25.9 Å². The minimum absolute atomic E-state index is 0.177. The molecule has 18 heavy (non-hydrogen) atoms. The summed E-state index contributed by atoms with van der Waals surface area (Å²) in [6.07, 6.45) is 2.42. The number of rotatable bonds is 2. The van der Waals surface area contributed by atoms with E-state index in [1.54, 1.807) is 0 Å². The first-order chi connectivity index (χ1) is 8.11. The SMILES string of the molecule is CC(C(=O)OC(C)(C)C)N1CCCC(C)(O)CC1. The Kier molecular flexibility index (Phi) is 4.78. The Labute approximate surface area is 110 Å². The molecule has 1 fully saturated rings. The third kappa shape index (κ3) is 4.94. The first-order valence-electron chi connectivity index (χ1n) is 6.80. The van der Waals surface area contributed by atoms with Gasteiger partial charge in [-0.2, -0.15) is 0 Å². The summed E-state index contributed by atoms with van der Waals surface area (Å²) in [6.45, 7) is 11.0. The van der Waals surface area contributed by atoms with Crippen LogP contribution in [0.4, 0.5) is 0 Å². The van der Waals surface area contributed by atoms with E-state index in [2.05, 4.69) is 4.90 Å². The van der Waals surface area contributed by atoms with Crippen molar-refractivity contribution in [2.75, 3.05) is 13.1 Å². The molecule has 0 spiro atoms. The summed E-state index contributed by atoms with van der Waals surface area (Å²) in [4.78, 5) is 14.1. The van der Waals surface area contributed by atoms with Gasteiger partial charge in [-0.3, -0.25) is 9.69 Å². The number of likely N-dealkylation sites (tertiary alicyclic amines) is 1. The minimum atomic E-state index is -0.595. The van der Waals surface area contributed by atoms with E-state index in [1.807, 2.05) is 34.6 Å². The van der Waals surface area contributed by atoms with Gasteiger partial charge in [0.1, 0.15) is 11.6 Å². The van der Waals surface area contributed by atoms with Crippen LogP contribution in [0.1, 0.15) is 53.9 Å². The van der Waals surface area contributed by atoms with Crippen LogP contribution in [0, 0.1) is 0 Å². The van der Waals surface area contributed by atoms with Crippen molar-refractivity contribution in [1.29, 1.82) is 0 Å². The average molecular weight is 257 g/mol. The lowest BCUT2D eigenvalue weighted by atomic mass is 9.98. The van der Waals surface area contributed by atoms with Crippen LogP contribution in [0.3, 0.4) is 0 Å². The fraction of sp³-hybridized carbons (Fsp3) is 0.929. The predicted octanol–water partition coefficient (Wildman–Crippen LogP) is 1.95. The molecule has 0 amide bonds. The van der Waals surface area contributed by atoms with Gasteiger partial charge in [-0.15, -0.1) is 0 Å². The second-order valence-corrected chi connectivity index (χ2v) is 6.60. The zero-order chi connectivity index (χ0) is 14.0. The summed E-state index contributed by atoms with van der Waals surface area (Å²) in [5.41, 5.74) is -1.04. The van der Waals surface area contributed by atoms with Crippen molar-refractivity contribution in [3.63, 3.8) is 0 Å². The van der Waals surface area contributed by atoms with Gasteiger partial charge in [-0.1, -0.05) is 0 Å². The van der Waals surface area contributed by atoms with Crippen LogP contribution in [0.2, 0.25) is 0 Å². The summed E-state index contributed by atoms with van der Waals surface area (Å²) in [5.74, 6) is -0.177. The maximum absolute atomic E-state index is 12.0. The van der Waals surface area contributed by atoms with E-state index < -0.39 is 11.2 Å². The fourth-order valence-electron chi connectivity index (χ4n) is 2.21. The van der Waals surface area contributed by atoms with E-state index >= 15 is 0 Å². The molecule has 1 aliphatic heterocycles. The van der Waals surface area contributed by atoms with Crippen molar-refractivity contribution in [3.05, 3.63) is 0 Å². The monoisotopic (exact) mass is 257 g/mol. The Balaban J connectivity index is 2.56. The van der Waals surface area contributed by atoms with Crippen LogP contribution in [0.15, 0.2) is 0 Å². The Morgan fingerprint density at radius 3 is 2.50 bits per heavy atom. The molecule has 1 rings (SSSR count). The Bertz CT molecular complexity index is 294. The molecule has 0 aromatic carbocycles. The van der Waals surface area contributed by atoms with Crippen molar-refractivity contribution in [2.45, 2.75) is 71.1 Å². The molecule has 1 aliphatic rings. The van der Waals surface area contributed by atoms with Crippen LogP contribution >= 0.6 is 0 Å². The van der Waals surface area contributed by atoms with Crippen LogP contribution in [-0.2, 0) is 9.53 Å². The van der Waals surface area contributed by atoms with Gasteiger partial charge in [0.15, 0.2) is 0 Å². The molecule has 0 aromatic rings. The number of hydrogen-bond acceptors (Lipinski definition) is 4. The normalized spacial score (nSPS) is 28.6. The minimum Gasteiger partial charge on any atom is -0.459 e. The number of nitrogens with zero attached hydrogens (tertiary/aromatic N) is 1. The third-order valence-corrected chi connectivity index (χ3v) is 3.39. The van der Waals surface area contributed by atoms with Gasteiger partial charge in [0.05, 0.1) is 5.60 Å². The Morgan fingerprint density at radius 1 is 1.33 bits per heavy atom. The highest BCUT2D eigenvalue weighted by molar-refractivity contribution is 5.75. The molecular formula is C14H27NO3. The lowest BCUT2D eigenvalue weighted by Crippen LogP contribution is -2.43. The third-order valence-electron chi connectivity index (χ3n) is 3.39. The van der Waals surface area contributed by atoms with E-state index in [9.17, 15) is 9.90 Å². The Hall–Kier alpha value is -0.610. The molecule has 4 heteroatoms. The summed E-state index contributed by atoms with van der Waals surface area (Å²) in [5, 5.41) is 10.0. The molecule has 1 N–H and O–H groups in total. The number of esters is 1. The molecule has 0 bridgehead atoms. The van der Waals surface area contributed by atoms with Crippen LogP contribution < -0.4 is 0 Å². The molecule has 106 valence electrons. The second kappa shape index (κ2) is 5.57. The van der Waals surface area contributed by atoms with Crippen LogP contribution in [0.5, 0.6) is 0 Å². The highest BCUT2D eigenvalue weighted by Crippen LogP contribution is 2.23. The average Bonchev–Trinajstić information content (AvgIpc) is 2.35. The molecule has 2 unspecified atom stereocenters. The largest absolute Gasteiger partial charge is 0.459 e. The number of carbonyl (C=O) groups is 1. The first kappa shape index (κ1) is 15.4. The van der Waals surface area contributed by atoms with Crippen molar-refractivity contribution >= 4 is 5.97 Å². The van der Waals surface area contributed by atoms with Gasteiger partial charge < -0.3 is 9.84 Å².